The van der Waals surface area contributed by atoms with Gasteiger partial charge in [0.2, 0.25) is 5.91 Å². The normalized spacial score (nSPS) is 12.1. The third-order valence-electron chi connectivity index (χ3n) is 2.80. The van der Waals surface area contributed by atoms with Crippen LogP contribution in [0, 0.1) is 0 Å². The number of anilines is 1. The third-order valence-corrected chi connectivity index (χ3v) is 3.49. The molecule has 0 aliphatic heterocycles. The average molecular weight is 370 g/mol. The summed E-state index contributed by atoms with van der Waals surface area (Å²) in [6.45, 7) is 0. The number of hydrogen-bond acceptors (Lipinski definition) is 1. The van der Waals surface area contributed by atoms with Crippen molar-refractivity contribution in [2.24, 2.45) is 0 Å². The molecule has 2 aromatic carbocycles. The quantitative estimate of drug-likeness (QED) is 0.755. The number of para-hydroxylation sites is 1. The smallest absolute Gasteiger partial charge is 0.321 e. The van der Waals surface area contributed by atoms with Crippen molar-refractivity contribution in [3.63, 3.8) is 0 Å². The van der Waals surface area contributed by atoms with E-state index < -0.39 is 17.7 Å². The summed E-state index contributed by atoms with van der Waals surface area (Å²) in [5, 5.41) is 2.42. The molecule has 0 atom stereocenters. The predicted molar refractivity (Wildman–Crippen MR) is 83.2 cm³/mol. The van der Waals surface area contributed by atoms with Gasteiger partial charge in [0.15, 0.2) is 0 Å². The first kappa shape index (κ1) is 16.3. The van der Waals surface area contributed by atoms with Gasteiger partial charge in [-0.2, -0.15) is 13.2 Å². The lowest BCUT2D eigenvalue weighted by Gasteiger charge is -2.12. The Morgan fingerprint density at radius 3 is 2.18 bits per heavy atom. The number of amides is 1. The third kappa shape index (κ3) is 4.21. The molecule has 114 valence electrons. The van der Waals surface area contributed by atoms with Crippen molar-refractivity contribution in [1.82, 2.24) is 0 Å². The van der Waals surface area contributed by atoms with Crippen molar-refractivity contribution in [1.29, 1.82) is 0 Å². The van der Waals surface area contributed by atoms with E-state index in [2.05, 4.69) is 21.2 Å². The Bertz CT molecular complexity index is 696. The molecule has 0 aliphatic carbocycles. The Morgan fingerprint density at radius 2 is 1.59 bits per heavy atom. The molecule has 6 heteroatoms. The van der Waals surface area contributed by atoms with E-state index in [-0.39, 0.29) is 5.56 Å². The number of carbonyl (C=O) groups excluding carboxylic acids is 1. The molecule has 0 fully saturated rings. The molecule has 0 radical (unpaired) electrons. The topological polar surface area (TPSA) is 29.1 Å². The van der Waals surface area contributed by atoms with Gasteiger partial charge in [0.25, 0.3) is 0 Å². The van der Waals surface area contributed by atoms with Crippen LogP contribution in [0.2, 0.25) is 0 Å². The maximum atomic E-state index is 13.1. The maximum absolute atomic E-state index is 13.1. The lowest BCUT2D eigenvalue weighted by atomic mass is 10.1. The molecule has 0 aromatic heterocycles. The van der Waals surface area contributed by atoms with Gasteiger partial charge in [-0.25, -0.2) is 0 Å². The molecule has 0 heterocycles. The van der Waals surface area contributed by atoms with E-state index in [4.69, 9.17) is 0 Å². The van der Waals surface area contributed by atoms with Crippen LogP contribution < -0.4 is 5.32 Å². The second kappa shape index (κ2) is 6.79. The van der Waals surface area contributed by atoms with Gasteiger partial charge < -0.3 is 5.32 Å². The molecule has 0 spiro atoms. The minimum Gasteiger partial charge on any atom is -0.321 e. The van der Waals surface area contributed by atoms with Gasteiger partial charge in [0.05, 0.1) is 11.3 Å². The molecule has 0 saturated carbocycles. The summed E-state index contributed by atoms with van der Waals surface area (Å²) in [5.74, 6) is -0.844. The second-order valence-electron chi connectivity index (χ2n) is 4.39. The van der Waals surface area contributed by atoms with Crippen molar-refractivity contribution in [3.05, 3.63) is 70.7 Å². The van der Waals surface area contributed by atoms with Crippen LogP contribution in [0.5, 0.6) is 0 Å². The lowest BCUT2D eigenvalue weighted by molar-refractivity contribution is -0.112. The van der Waals surface area contributed by atoms with Crippen LogP contribution in [-0.4, -0.2) is 12.1 Å². The van der Waals surface area contributed by atoms with Gasteiger partial charge in [-0.05, 0) is 33.6 Å². The summed E-state index contributed by atoms with van der Waals surface area (Å²) in [5.41, 5.74) is -0.645. The molecular weight excluding hydrogens is 359 g/mol. The first-order valence-corrected chi connectivity index (χ1v) is 7.07. The fraction of sp³-hybridized carbons (Fsp3) is 0.0625. The second-order valence-corrected chi connectivity index (χ2v) is 5.25. The van der Waals surface area contributed by atoms with E-state index in [9.17, 15) is 18.0 Å². The maximum Gasteiger partial charge on any atom is 0.417 e. The molecular formula is C16H11BrF3NO. The number of alkyl halides is 3. The number of rotatable bonds is 3. The van der Waals surface area contributed by atoms with Gasteiger partial charge in [0, 0.05) is 10.5 Å². The van der Waals surface area contributed by atoms with Crippen LogP contribution in [0.15, 0.2) is 65.1 Å². The summed E-state index contributed by atoms with van der Waals surface area (Å²) in [6, 6.07) is 13.9. The van der Waals surface area contributed by atoms with Crippen molar-refractivity contribution < 1.29 is 18.0 Å². The monoisotopic (exact) mass is 369 g/mol. The van der Waals surface area contributed by atoms with Gasteiger partial charge in [-0.3, -0.25) is 4.79 Å². The number of benzene rings is 2. The molecule has 0 saturated heterocycles. The van der Waals surface area contributed by atoms with E-state index in [1.165, 1.54) is 24.3 Å². The predicted octanol–water partition coefficient (Wildman–Crippen LogP) is 5.03. The van der Waals surface area contributed by atoms with E-state index in [1.54, 1.807) is 30.3 Å². The largest absolute Gasteiger partial charge is 0.417 e. The zero-order chi connectivity index (χ0) is 16.2. The zero-order valence-corrected chi connectivity index (χ0v) is 12.8. The van der Waals surface area contributed by atoms with Crippen molar-refractivity contribution in [3.8, 4) is 0 Å². The summed E-state index contributed by atoms with van der Waals surface area (Å²) in [7, 11) is 0. The highest BCUT2D eigenvalue weighted by Crippen LogP contribution is 2.33. The van der Waals surface area contributed by atoms with Crippen molar-refractivity contribution in [2.45, 2.75) is 6.18 Å². The Balaban J connectivity index is 2.30. The molecule has 0 aliphatic rings. The standard InChI is InChI=1S/C16H11BrF3NO/c17-13-8-4-5-9-14(13)21-15(22)10-12(16(18,19)20)11-6-2-1-3-7-11/h1-10H,(H,21,22)/b12-10+. The average Bonchev–Trinajstić information content (AvgIpc) is 2.47. The van der Waals surface area contributed by atoms with Gasteiger partial charge in [-0.15, -0.1) is 0 Å². The Hall–Kier alpha value is -2.08. The summed E-state index contributed by atoms with van der Waals surface area (Å²) in [6.07, 6.45) is -4.05. The number of carbonyl (C=O) groups is 1. The SMILES string of the molecule is O=C(/C=C(\c1ccccc1)C(F)(F)F)Nc1ccccc1Br. The van der Waals surface area contributed by atoms with E-state index >= 15 is 0 Å². The van der Waals surface area contributed by atoms with E-state index in [0.29, 0.717) is 16.2 Å². The minimum absolute atomic E-state index is 0.0581. The Kier molecular flexibility index (Phi) is 5.03. The molecule has 2 rings (SSSR count). The van der Waals surface area contributed by atoms with Gasteiger partial charge in [0.1, 0.15) is 0 Å². The highest BCUT2D eigenvalue weighted by atomic mass is 79.9. The van der Waals surface area contributed by atoms with Crippen LogP contribution >= 0.6 is 15.9 Å². The molecule has 1 N–H and O–H groups in total. The number of nitrogens with one attached hydrogen (secondary N) is 1. The number of hydrogen-bond donors (Lipinski definition) is 1. The van der Waals surface area contributed by atoms with Crippen molar-refractivity contribution in [2.75, 3.05) is 5.32 Å². The van der Waals surface area contributed by atoms with Crippen LogP contribution in [0.4, 0.5) is 18.9 Å². The van der Waals surface area contributed by atoms with E-state index in [0.717, 1.165) is 0 Å². The summed E-state index contributed by atoms with van der Waals surface area (Å²) >= 11 is 3.22. The van der Waals surface area contributed by atoms with Crippen LogP contribution in [0.25, 0.3) is 5.57 Å². The molecule has 22 heavy (non-hydrogen) atoms. The van der Waals surface area contributed by atoms with E-state index in [1.807, 2.05) is 0 Å². The Labute approximate surface area is 133 Å². The first-order valence-electron chi connectivity index (χ1n) is 6.28. The molecule has 1 amide bonds. The fourth-order valence-corrected chi connectivity index (χ4v) is 2.19. The lowest BCUT2D eigenvalue weighted by Crippen LogP contribution is -2.16. The minimum atomic E-state index is -4.62. The van der Waals surface area contributed by atoms with Crippen LogP contribution in [0.3, 0.4) is 0 Å². The Morgan fingerprint density at radius 1 is 1.00 bits per heavy atom. The zero-order valence-electron chi connectivity index (χ0n) is 11.2. The van der Waals surface area contributed by atoms with Crippen LogP contribution in [-0.2, 0) is 4.79 Å². The number of allylic oxidation sites excluding steroid dienone is 1. The first-order chi connectivity index (χ1) is 10.4. The fourth-order valence-electron chi connectivity index (χ4n) is 1.81. The van der Waals surface area contributed by atoms with Gasteiger partial charge in [-0.1, -0.05) is 42.5 Å². The number of halogens is 4. The highest BCUT2D eigenvalue weighted by Gasteiger charge is 2.35. The molecule has 0 unspecified atom stereocenters. The van der Waals surface area contributed by atoms with Crippen molar-refractivity contribution >= 4 is 33.1 Å². The highest BCUT2D eigenvalue weighted by molar-refractivity contribution is 9.10. The molecule has 2 aromatic rings. The summed E-state index contributed by atoms with van der Waals surface area (Å²) < 4.78 is 40.0. The van der Waals surface area contributed by atoms with Crippen LogP contribution in [0.1, 0.15) is 5.56 Å². The summed E-state index contributed by atoms with van der Waals surface area (Å²) in [4.78, 5) is 11.9. The molecule has 2 nitrogen and oxygen atoms in total. The van der Waals surface area contributed by atoms with Gasteiger partial charge >= 0.3 is 6.18 Å². The molecule has 0 bridgehead atoms.